The Morgan fingerprint density at radius 2 is 1.78 bits per heavy atom. The van der Waals surface area contributed by atoms with Gasteiger partial charge in [-0.15, -0.1) is 0 Å². The Morgan fingerprint density at radius 1 is 1.11 bits per heavy atom. The van der Waals surface area contributed by atoms with Gasteiger partial charge in [-0.2, -0.15) is 0 Å². The predicted molar refractivity (Wildman–Crippen MR) is 70.5 cm³/mol. The van der Waals surface area contributed by atoms with Crippen LogP contribution in [-0.4, -0.2) is 0 Å². The van der Waals surface area contributed by atoms with Crippen LogP contribution in [0.25, 0.3) is 0 Å². The van der Waals surface area contributed by atoms with Crippen molar-refractivity contribution in [1.82, 2.24) is 0 Å². The topological polar surface area (TPSA) is 9.23 Å². The van der Waals surface area contributed by atoms with Gasteiger partial charge in [0.15, 0.2) is 17.4 Å². The van der Waals surface area contributed by atoms with E-state index in [4.69, 9.17) is 16.3 Å². The standard InChI is InChI=1S/C13H8BrClF2O/c14-7-8-4-11(16)13(12(17)5-8)18-10-3-1-2-9(15)6-10/h1-6H,7H2. The van der Waals surface area contributed by atoms with Crippen LogP contribution in [0.5, 0.6) is 11.5 Å². The van der Waals surface area contributed by atoms with E-state index in [2.05, 4.69) is 15.9 Å². The molecule has 0 atom stereocenters. The van der Waals surface area contributed by atoms with Gasteiger partial charge < -0.3 is 4.74 Å². The van der Waals surface area contributed by atoms with E-state index in [1.807, 2.05) is 0 Å². The van der Waals surface area contributed by atoms with Gasteiger partial charge >= 0.3 is 0 Å². The molecule has 2 rings (SSSR count). The van der Waals surface area contributed by atoms with E-state index < -0.39 is 17.4 Å². The zero-order valence-corrected chi connectivity index (χ0v) is 11.4. The zero-order chi connectivity index (χ0) is 13.1. The fraction of sp³-hybridized carbons (Fsp3) is 0.0769. The second-order valence-corrected chi connectivity index (χ2v) is 4.58. The van der Waals surface area contributed by atoms with E-state index in [9.17, 15) is 8.78 Å². The summed E-state index contributed by atoms with van der Waals surface area (Å²) in [5.74, 6) is -1.64. The lowest BCUT2D eigenvalue weighted by molar-refractivity contribution is 0.407. The van der Waals surface area contributed by atoms with Crippen LogP contribution in [-0.2, 0) is 5.33 Å². The number of ether oxygens (including phenoxy) is 1. The summed E-state index contributed by atoms with van der Waals surface area (Å²) < 4.78 is 32.5. The summed E-state index contributed by atoms with van der Waals surface area (Å²) in [6, 6.07) is 8.78. The quantitative estimate of drug-likeness (QED) is 0.692. The molecule has 18 heavy (non-hydrogen) atoms. The molecule has 0 aliphatic heterocycles. The summed E-state index contributed by atoms with van der Waals surface area (Å²) in [6.07, 6.45) is 0. The molecular weight excluding hydrogens is 325 g/mol. The molecule has 0 aliphatic rings. The Labute approximate surface area is 116 Å². The third kappa shape index (κ3) is 3.00. The first-order valence-electron chi connectivity index (χ1n) is 5.07. The van der Waals surface area contributed by atoms with Crippen molar-refractivity contribution in [3.63, 3.8) is 0 Å². The Bertz CT molecular complexity index is 552. The molecule has 0 unspecified atom stereocenters. The van der Waals surface area contributed by atoms with Crippen molar-refractivity contribution in [2.24, 2.45) is 0 Å². The molecule has 0 saturated heterocycles. The van der Waals surface area contributed by atoms with Gasteiger partial charge in [-0.1, -0.05) is 33.6 Å². The van der Waals surface area contributed by atoms with Gasteiger partial charge in [0.25, 0.3) is 0 Å². The number of benzene rings is 2. The van der Waals surface area contributed by atoms with Crippen LogP contribution >= 0.6 is 27.5 Å². The van der Waals surface area contributed by atoms with E-state index >= 15 is 0 Å². The maximum atomic E-state index is 13.7. The first-order valence-corrected chi connectivity index (χ1v) is 6.57. The first kappa shape index (κ1) is 13.3. The number of rotatable bonds is 3. The summed E-state index contributed by atoms with van der Waals surface area (Å²) in [5, 5.41) is 0.809. The molecule has 2 aromatic rings. The Hall–Kier alpha value is -1.13. The number of hydrogen-bond acceptors (Lipinski definition) is 1. The van der Waals surface area contributed by atoms with E-state index in [1.54, 1.807) is 18.2 Å². The second kappa shape index (κ2) is 5.67. The largest absolute Gasteiger partial charge is 0.451 e. The molecule has 0 heterocycles. The van der Waals surface area contributed by atoms with Crippen molar-refractivity contribution in [3.05, 3.63) is 58.6 Å². The van der Waals surface area contributed by atoms with Gasteiger partial charge in [-0.3, -0.25) is 0 Å². The lowest BCUT2D eigenvalue weighted by atomic mass is 10.2. The smallest absolute Gasteiger partial charge is 0.198 e. The van der Waals surface area contributed by atoms with Gasteiger partial charge in [-0.05, 0) is 35.9 Å². The Kier molecular flexibility index (Phi) is 4.19. The number of halogens is 4. The van der Waals surface area contributed by atoms with Crippen LogP contribution in [0.15, 0.2) is 36.4 Å². The summed E-state index contributed by atoms with van der Waals surface area (Å²) in [6.45, 7) is 0. The number of hydrogen-bond donors (Lipinski definition) is 0. The van der Waals surface area contributed by atoms with E-state index in [-0.39, 0.29) is 5.75 Å². The van der Waals surface area contributed by atoms with Crippen molar-refractivity contribution in [2.75, 3.05) is 0 Å². The maximum Gasteiger partial charge on any atom is 0.198 e. The molecule has 1 nitrogen and oxygen atoms in total. The molecular formula is C13H8BrClF2O. The minimum Gasteiger partial charge on any atom is -0.451 e. The van der Waals surface area contributed by atoms with Crippen LogP contribution in [0.4, 0.5) is 8.78 Å². The highest BCUT2D eigenvalue weighted by molar-refractivity contribution is 9.08. The molecule has 0 bridgehead atoms. The van der Waals surface area contributed by atoms with E-state index in [0.29, 0.717) is 15.9 Å². The average Bonchev–Trinajstić information content (AvgIpc) is 2.33. The van der Waals surface area contributed by atoms with Crippen molar-refractivity contribution in [1.29, 1.82) is 0 Å². The van der Waals surface area contributed by atoms with Gasteiger partial charge in [0, 0.05) is 10.4 Å². The Morgan fingerprint density at radius 3 is 2.33 bits per heavy atom. The molecule has 0 radical (unpaired) electrons. The normalized spacial score (nSPS) is 10.4. The highest BCUT2D eigenvalue weighted by atomic mass is 79.9. The molecule has 2 aromatic carbocycles. The van der Waals surface area contributed by atoms with Crippen molar-refractivity contribution < 1.29 is 13.5 Å². The van der Waals surface area contributed by atoms with Crippen LogP contribution in [0.3, 0.4) is 0 Å². The molecule has 0 fully saturated rings. The SMILES string of the molecule is Fc1cc(CBr)cc(F)c1Oc1cccc(Cl)c1. The fourth-order valence-electron chi connectivity index (χ4n) is 1.44. The minimum atomic E-state index is -0.746. The van der Waals surface area contributed by atoms with Crippen LogP contribution in [0, 0.1) is 11.6 Å². The molecule has 0 aromatic heterocycles. The fourth-order valence-corrected chi connectivity index (χ4v) is 1.94. The van der Waals surface area contributed by atoms with Gasteiger partial charge in [0.1, 0.15) is 5.75 Å². The van der Waals surface area contributed by atoms with Crippen LogP contribution in [0.2, 0.25) is 5.02 Å². The van der Waals surface area contributed by atoms with Crippen LogP contribution in [0.1, 0.15) is 5.56 Å². The third-order valence-electron chi connectivity index (χ3n) is 2.23. The molecule has 0 N–H and O–H groups in total. The third-order valence-corrected chi connectivity index (χ3v) is 3.11. The molecule has 0 aliphatic carbocycles. The van der Waals surface area contributed by atoms with E-state index in [0.717, 1.165) is 0 Å². The summed E-state index contributed by atoms with van der Waals surface area (Å²) in [5.41, 5.74) is 0.503. The average molecular weight is 334 g/mol. The molecule has 0 spiro atoms. The lowest BCUT2D eigenvalue weighted by Gasteiger charge is -2.09. The molecule has 0 amide bonds. The summed E-state index contributed by atoms with van der Waals surface area (Å²) in [7, 11) is 0. The van der Waals surface area contributed by atoms with Crippen molar-refractivity contribution >= 4 is 27.5 Å². The van der Waals surface area contributed by atoms with Crippen molar-refractivity contribution in [2.45, 2.75) is 5.33 Å². The van der Waals surface area contributed by atoms with Gasteiger partial charge in [0.05, 0.1) is 0 Å². The molecule has 0 saturated carbocycles. The van der Waals surface area contributed by atoms with Crippen LogP contribution < -0.4 is 4.74 Å². The molecule has 5 heteroatoms. The monoisotopic (exact) mass is 332 g/mol. The minimum absolute atomic E-state index is 0.284. The summed E-state index contributed by atoms with van der Waals surface area (Å²) >= 11 is 8.90. The highest BCUT2D eigenvalue weighted by Gasteiger charge is 2.13. The lowest BCUT2D eigenvalue weighted by Crippen LogP contribution is -1.94. The first-order chi connectivity index (χ1) is 8.60. The number of alkyl halides is 1. The van der Waals surface area contributed by atoms with Gasteiger partial charge in [0.2, 0.25) is 0 Å². The highest BCUT2D eigenvalue weighted by Crippen LogP contribution is 2.30. The zero-order valence-electron chi connectivity index (χ0n) is 9.09. The van der Waals surface area contributed by atoms with E-state index in [1.165, 1.54) is 18.2 Å². The second-order valence-electron chi connectivity index (χ2n) is 3.58. The van der Waals surface area contributed by atoms with Gasteiger partial charge in [-0.25, -0.2) is 8.78 Å². The maximum absolute atomic E-state index is 13.7. The summed E-state index contributed by atoms with van der Waals surface area (Å²) in [4.78, 5) is 0. The van der Waals surface area contributed by atoms with Crippen molar-refractivity contribution in [3.8, 4) is 11.5 Å². The molecule has 94 valence electrons. The Balaban J connectivity index is 2.35. The predicted octanol–water partition coefficient (Wildman–Crippen LogP) is 5.31.